The van der Waals surface area contributed by atoms with Gasteiger partial charge in [-0.15, -0.1) is 0 Å². The smallest absolute Gasteiger partial charge is 0.305 e. The minimum atomic E-state index is -0.334. The molecule has 0 unspecified atom stereocenters. The molecule has 0 fully saturated rings. The van der Waals surface area contributed by atoms with Crippen LogP contribution < -0.4 is 0 Å². The molecule has 0 saturated heterocycles. The van der Waals surface area contributed by atoms with Gasteiger partial charge < -0.3 is 4.74 Å². The number of Topliss-reactive ketones (excluding diaryl/α,β-unsaturated/α-hetero) is 1. The molecule has 92 valence electrons. The van der Waals surface area contributed by atoms with Crippen LogP contribution in [0.25, 0.3) is 0 Å². The van der Waals surface area contributed by atoms with Crippen molar-refractivity contribution in [3.8, 4) is 0 Å². The van der Waals surface area contributed by atoms with Crippen molar-refractivity contribution < 1.29 is 14.3 Å². The molecule has 0 aliphatic carbocycles. The summed E-state index contributed by atoms with van der Waals surface area (Å²) in [6.45, 7) is 0. The van der Waals surface area contributed by atoms with E-state index in [2.05, 4.69) is 20.7 Å². The number of ether oxygens (including phenoxy) is 1. The second kappa shape index (κ2) is 7.22. The van der Waals surface area contributed by atoms with Crippen LogP contribution in [0, 0.1) is 0 Å². The van der Waals surface area contributed by atoms with E-state index in [0.717, 1.165) is 10.0 Å². The van der Waals surface area contributed by atoms with E-state index in [4.69, 9.17) is 0 Å². The molecule has 0 spiro atoms. The minimum absolute atomic E-state index is 0.0890. The lowest BCUT2D eigenvalue weighted by Crippen LogP contribution is -2.06. The Morgan fingerprint density at radius 1 is 1.18 bits per heavy atom. The van der Waals surface area contributed by atoms with Gasteiger partial charge >= 0.3 is 5.97 Å². The molecule has 1 rings (SSSR count). The van der Waals surface area contributed by atoms with E-state index < -0.39 is 0 Å². The van der Waals surface area contributed by atoms with Gasteiger partial charge in [0.05, 0.1) is 13.5 Å². The van der Waals surface area contributed by atoms with Gasteiger partial charge in [-0.2, -0.15) is 0 Å². The van der Waals surface area contributed by atoms with E-state index in [-0.39, 0.29) is 24.6 Å². The Morgan fingerprint density at radius 3 is 2.53 bits per heavy atom. The van der Waals surface area contributed by atoms with Crippen LogP contribution in [0.15, 0.2) is 28.7 Å². The number of carbonyl (C=O) groups is 2. The van der Waals surface area contributed by atoms with E-state index in [0.29, 0.717) is 12.8 Å². The van der Waals surface area contributed by atoms with Crippen LogP contribution in [0.4, 0.5) is 0 Å². The molecule has 17 heavy (non-hydrogen) atoms. The van der Waals surface area contributed by atoms with Crippen LogP contribution in [-0.2, 0) is 20.7 Å². The second-order valence-electron chi connectivity index (χ2n) is 3.71. The first kappa shape index (κ1) is 13.9. The maximum absolute atomic E-state index is 11.5. The average Bonchev–Trinajstić information content (AvgIpc) is 2.35. The van der Waals surface area contributed by atoms with Crippen molar-refractivity contribution in [2.75, 3.05) is 7.11 Å². The molecule has 4 heteroatoms. The van der Waals surface area contributed by atoms with Gasteiger partial charge in [0.15, 0.2) is 0 Å². The van der Waals surface area contributed by atoms with Crippen molar-refractivity contribution in [2.24, 2.45) is 0 Å². The SMILES string of the molecule is COC(=O)CCC(=O)CCc1ccccc1Br. The Bertz CT molecular complexity index is 401. The topological polar surface area (TPSA) is 43.4 Å². The normalized spacial score (nSPS) is 10.0. The number of carbonyl (C=O) groups excluding carboxylic acids is 2. The fourth-order valence-electron chi connectivity index (χ4n) is 1.44. The fraction of sp³-hybridized carbons (Fsp3) is 0.385. The third kappa shape index (κ3) is 5.13. The summed E-state index contributed by atoms with van der Waals surface area (Å²) in [5, 5.41) is 0. The Kier molecular flexibility index (Phi) is 5.91. The van der Waals surface area contributed by atoms with Crippen LogP contribution in [0.5, 0.6) is 0 Å². The molecule has 0 bridgehead atoms. The molecule has 0 amide bonds. The van der Waals surface area contributed by atoms with Gasteiger partial charge in [-0.05, 0) is 18.1 Å². The summed E-state index contributed by atoms with van der Waals surface area (Å²) in [6, 6.07) is 7.82. The van der Waals surface area contributed by atoms with Crippen LogP contribution in [0.2, 0.25) is 0 Å². The Morgan fingerprint density at radius 2 is 1.88 bits per heavy atom. The number of rotatable bonds is 6. The van der Waals surface area contributed by atoms with E-state index in [1.165, 1.54) is 7.11 Å². The summed E-state index contributed by atoms with van der Waals surface area (Å²) in [7, 11) is 1.33. The van der Waals surface area contributed by atoms with Crippen molar-refractivity contribution in [2.45, 2.75) is 25.7 Å². The number of aryl methyl sites for hydroxylation is 1. The minimum Gasteiger partial charge on any atom is -0.469 e. The van der Waals surface area contributed by atoms with Crippen LogP contribution >= 0.6 is 15.9 Å². The molecule has 0 N–H and O–H groups in total. The van der Waals surface area contributed by atoms with E-state index in [9.17, 15) is 9.59 Å². The van der Waals surface area contributed by atoms with Crippen LogP contribution in [0.3, 0.4) is 0 Å². The summed E-state index contributed by atoms with van der Waals surface area (Å²) in [4.78, 5) is 22.4. The molecule has 0 aromatic heterocycles. The first-order chi connectivity index (χ1) is 8.13. The maximum atomic E-state index is 11.5. The fourth-order valence-corrected chi connectivity index (χ4v) is 1.93. The molecule has 0 aliphatic heterocycles. The van der Waals surface area contributed by atoms with Crippen molar-refractivity contribution >= 4 is 27.7 Å². The molecule has 1 aromatic rings. The molecule has 0 radical (unpaired) electrons. The van der Waals surface area contributed by atoms with E-state index in [1.807, 2.05) is 24.3 Å². The largest absolute Gasteiger partial charge is 0.469 e. The number of hydrogen-bond acceptors (Lipinski definition) is 3. The predicted molar refractivity (Wildman–Crippen MR) is 68.7 cm³/mol. The van der Waals surface area contributed by atoms with Gasteiger partial charge in [0.25, 0.3) is 0 Å². The molecule has 3 nitrogen and oxygen atoms in total. The monoisotopic (exact) mass is 298 g/mol. The quantitative estimate of drug-likeness (QED) is 0.759. The average molecular weight is 299 g/mol. The van der Waals surface area contributed by atoms with Gasteiger partial charge in [0.2, 0.25) is 0 Å². The number of esters is 1. The number of hydrogen-bond donors (Lipinski definition) is 0. The van der Waals surface area contributed by atoms with Gasteiger partial charge in [0.1, 0.15) is 5.78 Å². The predicted octanol–water partition coefficient (Wildman–Crippen LogP) is 2.90. The van der Waals surface area contributed by atoms with Crippen molar-refractivity contribution in [1.29, 1.82) is 0 Å². The summed E-state index contributed by atoms with van der Waals surface area (Å²) in [5.74, 6) is -0.245. The highest BCUT2D eigenvalue weighted by Crippen LogP contribution is 2.17. The Balaban J connectivity index is 2.34. The van der Waals surface area contributed by atoms with Gasteiger partial charge in [-0.3, -0.25) is 9.59 Å². The maximum Gasteiger partial charge on any atom is 0.305 e. The second-order valence-corrected chi connectivity index (χ2v) is 4.56. The number of methoxy groups -OCH3 is 1. The third-order valence-electron chi connectivity index (χ3n) is 2.47. The summed E-state index contributed by atoms with van der Waals surface area (Å²) >= 11 is 3.43. The number of benzene rings is 1. The van der Waals surface area contributed by atoms with Crippen molar-refractivity contribution in [3.05, 3.63) is 34.3 Å². The lowest BCUT2D eigenvalue weighted by Gasteiger charge is -2.03. The molecular formula is C13H15BrO3. The van der Waals surface area contributed by atoms with Crippen molar-refractivity contribution in [3.63, 3.8) is 0 Å². The summed E-state index contributed by atoms with van der Waals surface area (Å²) < 4.78 is 5.50. The highest BCUT2D eigenvalue weighted by Gasteiger charge is 2.08. The standard InChI is InChI=1S/C13H15BrO3/c1-17-13(16)9-8-11(15)7-6-10-4-2-3-5-12(10)14/h2-5H,6-9H2,1H3. The first-order valence-electron chi connectivity index (χ1n) is 5.45. The highest BCUT2D eigenvalue weighted by atomic mass is 79.9. The Labute approximate surface area is 109 Å². The Hall–Kier alpha value is -1.16. The van der Waals surface area contributed by atoms with E-state index >= 15 is 0 Å². The molecule has 0 saturated carbocycles. The third-order valence-corrected chi connectivity index (χ3v) is 3.24. The summed E-state index contributed by atoms with van der Waals surface area (Å²) in [6.07, 6.45) is 1.59. The zero-order valence-corrected chi connectivity index (χ0v) is 11.3. The molecule has 0 aliphatic rings. The summed E-state index contributed by atoms with van der Waals surface area (Å²) in [5.41, 5.74) is 1.11. The van der Waals surface area contributed by atoms with Gasteiger partial charge in [-0.25, -0.2) is 0 Å². The number of ketones is 1. The van der Waals surface area contributed by atoms with Gasteiger partial charge in [-0.1, -0.05) is 34.1 Å². The van der Waals surface area contributed by atoms with Crippen LogP contribution in [-0.4, -0.2) is 18.9 Å². The zero-order valence-electron chi connectivity index (χ0n) is 9.74. The molecular weight excluding hydrogens is 284 g/mol. The van der Waals surface area contributed by atoms with Crippen molar-refractivity contribution in [1.82, 2.24) is 0 Å². The van der Waals surface area contributed by atoms with Gasteiger partial charge in [0, 0.05) is 17.3 Å². The molecule has 1 aromatic carbocycles. The van der Waals surface area contributed by atoms with Crippen LogP contribution in [0.1, 0.15) is 24.8 Å². The lowest BCUT2D eigenvalue weighted by molar-refractivity contribution is -0.141. The highest BCUT2D eigenvalue weighted by molar-refractivity contribution is 9.10. The first-order valence-corrected chi connectivity index (χ1v) is 6.24. The lowest BCUT2D eigenvalue weighted by atomic mass is 10.1. The molecule has 0 heterocycles. The van der Waals surface area contributed by atoms with E-state index in [1.54, 1.807) is 0 Å². The zero-order chi connectivity index (χ0) is 12.7. The molecule has 0 atom stereocenters. The number of halogens is 1.